The van der Waals surface area contributed by atoms with Crippen molar-refractivity contribution in [1.29, 1.82) is 0 Å². The van der Waals surface area contributed by atoms with E-state index in [1.807, 2.05) is 6.08 Å². The molecule has 1 atom stereocenters. The van der Waals surface area contributed by atoms with Crippen LogP contribution in [0.3, 0.4) is 0 Å². The lowest BCUT2D eigenvalue weighted by Crippen LogP contribution is -2.30. The Morgan fingerprint density at radius 2 is 0.734 bits per heavy atom. The van der Waals surface area contributed by atoms with Crippen molar-refractivity contribution in [2.24, 2.45) is 0 Å². The smallest absolute Gasteiger partial charge is 0.306 e. The van der Waals surface area contributed by atoms with Gasteiger partial charge in [0.2, 0.25) is 0 Å². The highest BCUT2D eigenvalue weighted by Crippen LogP contribution is 2.13. The van der Waals surface area contributed by atoms with Gasteiger partial charge < -0.3 is 14.2 Å². The number of hydrogen-bond donors (Lipinski definition) is 0. The fraction of sp³-hybridized carbons (Fsp3) is 0.593. The molecule has 0 saturated heterocycles. The van der Waals surface area contributed by atoms with Crippen molar-refractivity contribution in [3.8, 4) is 0 Å². The Labute approximate surface area is 394 Å². The molecule has 0 aliphatic carbocycles. The topological polar surface area (TPSA) is 61.8 Å². The van der Waals surface area contributed by atoms with Crippen LogP contribution in [0.15, 0.2) is 134 Å². The predicted molar refractivity (Wildman–Crippen MR) is 278 cm³/mol. The van der Waals surface area contributed by atoms with Gasteiger partial charge >= 0.3 is 11.9 Å². The molecule has 1 unspecified atom stereocenters. The standard InChI is InChI=1S/C59H94O5/c1-4-7-10-13-16-19-22-24-26-28-30-31-33-35-38-40-43-46-49-52-58(60)63-56-57(64-59(61)53-50-47-44-41-37-21-18-15-12-9-6-3)55-62-54-51-48-45-42-39-36-34-32-29-27-25-23-20-17-14-11-8-5-2/h7-8,10-11,16-17,19-20,24-27,30-32,34-35,38-39,42-43,46,57H,4-6,9,12-15,18,21-23,28-29,33,36-37,40-41,44-45,47-56H2,1-3H3/b10-7-,11-8-,19-16-,20-17-,26-24-,27-25-,31-30-,34-32-,38-35-,42-39-,46-43-. The largest absolute Gasteiger partial charge is 0.462 e. The molecule has 0 aliphatic rings. The van der Waals surface area contributed by atoms with Crippen LogP contribution < -0.4 is 0 Å². The second-order valence-electron chi connectivity index (χ2n) is 16.3. The monoisotopic (exact) mass is 883 g/mol. The van der Waals surface area contributed by atoms with Crippen molar-refractivity contribution in [3.05, 3.63) is 134 Å². The molecule has 360 valence electrons. The molecular weight excluding hydrogens is 789 g/mol. The van der Waals surface area contributed by atoms with Crippen LogP contribution in [0, 0.1) is 0 Å². The summed E-state index contributed by atoms with van der Waals surface area (Å²) in [5, 5.41) is 0. The summed E-state index contributed by atoms with van der Waals surface area (Å²) in [5.74, 6) is -0.528. The number of carbonyl (C=O) groups is 2. The van der Waals surface area contributed by atoms with E-state index in [9.17, 15) is 9.59 Å². The molecule has 0 N–H and O–H groups in total. The summed E-state index contributed by atoms with van der Waals surface area (Å²) in [6, 6.07) is 0. The van der Waals surface area contributed by atoms with Gasteiger partial charge in [-0.2, -0.15) is 0 Å². The van der Waals surface area contributed by atoms with Gasteiger partial charge in [0.05, 0.1) is 6.61 Å². The highest BCUT2D eigenvalue weighted by molar-refractivity contribution is 5.70. The number of carbonyl (C=O) groups excluding carboxylic acids is 2. The van der Waals surface area contributed by atoms with Crippen molar-refractivity contribution >= 4 is 11.9 Å². The van der Waals surface area contributed by atoms with Gasteiger partial charge in [0.15, 0.2) is 6.10 Å². The lowest BCUT2D eigenvalue weighted by Gasteiger charge is -2.18. The molecule has 0 bridgehead atoms. The fourth-order valence-corrected chi connectivity index (χ4v) is 6.44. The lowest BCUT2D eigenvalue weighted by molar-refractivity contribution is -0.162. The molecule has 0 aromatic heterocycles. The molecule has 0 fully saturated rings. The van der Waals surface area contributed by atoms with E-state index in [0.29, 0.717) is 19.4 Å². The van der Waals surface area contributed by atoms with Gasteiger partial charge in [-0.05, 0) is 103 Å². The third-order valence-corrected chi connectivity index (χ3v) is 10.2. The predicted octanol–water partition coefficient (Wildman–Crippen LogP) is 17.6. The zero-order chi connectivity index (χ0) is 46.3. The third kappa shape index (κ3) is 50.7. The average Bonchev–Trinajstić information content (AvgIpc) is 3.30. The van der Waals surface area contributed by atoms with Gasteiger partial charge in [0.25, 0.3) is 0 Å². The van der Waals surface area contributed by atoms with Crippen molar-refractivity contribution in [2.45, 2.75) is 207 Å². The molecule has 0 saturated carbocycles. The Hall–Kier alpha value is -3.96. The second-order valence-corrected chi connectivity index (χ2v) is 16.3. The minimum Gasteiger partial charge on any atom is -0.462 e. The Morgan fingerprint density at radius 1 is 0.359 bits per heavy atom. The first-order chi connectivity index (χ1) is 31.6. The van der Waals surface area contributed by atoms with Crippen LogP contribution >= 0.6 is 0 Å². The van der Waals surface area contributed by atoms with Crippen LogP contribution in [0.1, 0.15) is 201 Å². The number of unbranched alkanes of at least 4 members (excludes halogenated alkanes) is 12. The Kier molecular flexibility index (Phi) is 50.1. The molecule has 0 amide bonds. The maximum atomic E-state index is 12.8. The van der Waals surface area contributed by atoms with E-state index in [1.165, 1.54) is 51.4 Å². The van der Waals surface area contributed by atoms with E-state index < -0.39 is 6.10 Å². The lowest BCUT2D eigenvalue weighted by atomic mass is 10.1. The number of ether oxygens (including phenoxy) is 3. The van der Waals surface area contributed by atoms with Gasteiger partial charge in [-0.3, -0.25) is 9.59 Å². The summed E-state index contributed by atoms with van der Waals surface area (Å²) >= 11 is 0. The van der Waals surface area contributed by atoms with E-state index in [-0.39, 0.29) is 31.6 Å². The molecular formula is C59H94O5. The van der Waals surface area contributed by atoms with Crippen LogP contribution in [-0.2, 0) is 23.8 Å². The minimum absolute atomic E-state index is 0.0205. The summed E-state index contributed by atoms with van der Waals surface area (Å²) in [6.07, 6.45) is 76.2. The summed E-state index contributed by atoms with van der Waals surface area (Å²) in [5.41, 5.74) is 0. The Balaban J connectivity index is 4.46. The van der Waals surface area contributed by atoms with Crippen LogP contribution in [0.4, 0.5) is 0 Å². The number of rotatable bonds is 45. The maximum absolute atomic E-state index is 12.8. The molecule has 5 nitrogen and oxygen atoms in total. The summed E-state index contributed by atoms with van der Waals surface area (Å²) in [7, 11) is 0. The van der Waals surface area contributed by atoms with E-state index in [1.54, 1.807) is 0 Å². The number of esters is 2. The molecule has 0 heterocycles. The van der Waals surface area contributed by atoms with E-state index >= 15 is 0 Å². The second kappa shape index (κ2) is 53.4. The van der Waals surface area contributed by atoms with E-state index in [2.05, 4.69) is 148 Å². The first-order valence-electron chi connectivity index (χ1n) is 25.7. The number of allylic oxidation sites excluding steroid dienone is 22. The van der Waals surface area contributed by atoms with Gasteiger partial charge in [-0.15, -0.1) is 0 Å². The molecule has 0 aromatic rings. The molecule has 64 heavy (non-hydrogen) atoms. The summed E-state index contributed by atoms with van der Waals surface area (Å²) in [6.45, 7) is 7.39. The van der Waals surface area contributed by atoms with Gasteiger partial charge in [0.1, 0.15) is 6.61 Å². The minimum atomic E-state index is -0.596. The fourth-order valence-electron chi connectivity index (χ4n) is 6.44. The number of hydrogen-bond acceptors (Lipinski definition) is 5. The van der Waals surface area contributed by atoms with Gasteiger partial charge in [-0.25, -0.2) is 0 Å². The summed E-state index contributed by atoms with van der Waals surface area (Å²) in [4.78, 5) is 25.3. The average molecular weight is 883 g/mol. The third-order valence-electron chi connectivity index (χ3n) is 10.2. The van der Waals surface area contributed by atoms with Crippen molar-refractivity contribution in [1.82, 2.24) is 0 Å². The molecule has 5 heteroatoms. The Bertz CT molecular complexity index is 1370. The molecule has 0 rings (SSSR count). The van der Waals surface area contributed by atoms with Gasteiger partial charge in [-0.1, -0.05) is 219 Å². The van der Waals surface area contributed by atoms with Crippen molar-refractivity contribution < 1.29 is 23.8 Å². The van der Waals surface area contributed by atoms with Crippen molar-refractivity contribution in [2.75, 3.05) is 19.8 Å². The van der Waals surface area contributed by atoms with Crippen molar-refractivity contribution in [3.63, 3.8) is 0 Å². The van der Waals surface area contributed by atoms with Crippen LogP contribution in [-0.4, -0.2) is 37.9 Å². The first-order valence-corrected chi connectivity index (χ1v) is 25.7. The molecule has 0 aromatic carbocycles. The zero-order valence-electron chi connectivity index (χ0n) is 41.2. The van der Waals surface area contributed by atoms with E-state index in [4.69, 9.17) is 14.2 Å². The highest BCUT2D eigenvalue weighted by Gasteiger charge is 2.17. The summed E-state index contributed by atoms with van der Waals surface area (Å²) < 4.78 is 17.3. The first kappa shape index (κ1) is 60.0. The van der Waals surface area contributed by atoms with Crippen LogP contribution in [0.5, 0.6) is 0 Å². The van der Waals surface area contributed by atoms with Crippen LogP contribution in [0.25, 0.3) is 0 Å². The highest BCUT2D eigenvalue weighted by atomic mass is 16.6. The SMILES string of the molecule is CC/C=C\C/C=C\C/C=C\C/C=C\C/C=C\C/C=C\CCC(=O)OCC(COCCCC/C=C\C/C=C\C/C=C\C/C=C\C/C=C\CC)OC(=O)CCCCCCCCCCCCC. The zero-order valence-corrected chi connectivity index (χ0v) is 41.2. The molecule has 0 radical (unpaired) electrons. The molecule has 0 spiro atoms. The quantitative estimate of drug-likeness (QED) is 0.0346. The maximum Gasteiger partial charge on any atom is 0.306 e. The normalized spacial score (nSPS) is 13.4. The molecule has 0 aliphatic heterocycles. The van der Waals surface area contributed by atoms with Gasteiger partial charge in [0, 0.05) is 19.4 Å². The van der Waals surface area contributed by atoms with E-state index in [0.717, 1.165) is 109 Å². The van der Waals surface area contributed by atoms with Crippen LogP contribution in [0.2, 0.25) is 0 Å². The Morgan fingerprint density at radius 3 is 1.16 bits per heavy atom.